The van der Waals surface area contributed by atoms with Gasteiger partial charge in [0.1, 0.15) is 23.5 Å². The first kappa shape index (κ1) is 15.3. The second-order valence-electron chi connectivity index (χ2n) is 5.55. The summed E-state index contributed by atoms with van der Waals surface area (Å²) >= 11 is -0.0796. The Labute approximate surface area is 107 Å². The molecule has 0 aromatic rings. The molecule has 0 amide bonds. The van der Waals surface area contributed by atoms with E-state index in [4.69, 9.17) is 4.18 Å². The molecule has 1 heterocycles. The minimum Gasteiger partial charge on any atom is -0.301 e. The smallest absolute Gasteiger partial charge is 0.301 e. The summed E-state index contributed by atoms with van der Waals surface area (Å²) in [4.78, 5) is 2.08. The van der Waals surface area contributed by atoms with Gasteiger partial charge >= 0.3 is 7.27 Å². The van der Waals surface area contributed by atoms with Gasteiger partial charge in [-0.05, 0) is 33.7 Å². The van der Waals surface area contributed by atoms with Crippen molar-refractivity contribution in [3.8, 4) is 0 Å². The zero-order valence-electron chi connectivity index (χ0n) is 11.2. The highest BCUT2D eigenvalue weighted by molar-refractivity contribution is 7.93. The molecule has 17 heavy (non-hydrogen) atoms. The van der Waals surface area contributed by atoms with Crippen LogP contribution in [-0.2, 0) is 15.4 Å². The van der Waals surface area contributed by atoms with Gasteiger partial charge < -0.3 is 4.90 Å². The molecule has 1 aliphatic heterocycles. The van der Waals surface area contributed by atoms with Gasteiger partial charge in [-0.1, -0.05) is 0 Å². The Bertz CT molecular complexity index is 238. The van der Waals surface area contributed by atoms with E-state index >= 15 is 0 Å². The van der Waals surface area contributed by atoms with Crippen molar-refractivity contribution in [2.45, 2.75) is 44.4 Å². The van der Waals surface area contributed by atoms with E-state index in [0.29, 0.717) is 6.54 Å². The second kappa shape index (κ2) is 6.39. The average molecular weight is 266 g/mol. The first-order chi connectivity index (χ1) is 7.79. The summed E-state index contributed by atoms with van der Waals surface area (Å²) in [6, 6.07) is 0. The Morgan fingerprint density at radius 2 is 2.06 bits per heavy atom. The van der Waals surface area contributed by atoms with E-state index in [1.54, 1.807) is 0 Å². The van der Waals surface area contributed by atoms with E-state index in [1.807, 2.05) is 0 Å². The first-order valence-electron chi connectivity index (χ1n) is 6.12. The van der Waals surface area contributed by atoms with Crippen LogP contribution in [0.4, 0.5) is 8.63 Å². The average Bonchev–Trinajstić information content (AvgIpc) is 2.61. The highest BCUT2D eigenvalue weighted by atomic mass is 32.2. The fourth-order valence-electron chi connectivity index (χ4n) is 1.71. The highest BCUT2D eigenvalue weighted by Crippen LogP contribution is 2.23. The van der Waals surface area contributed by atoms with Gasteiger partial charge in [0.2, 0.25) is 0 Å². The summed E-state index contributed by atoms with van der Waals surface area (Å²) in [7, 11) is -2.19. The third-order valence-corrected chi connectivity index (χ3v) is 5.32. The van der Waals surface area contributed by atoms with E-state index in [0.717, 1.165) is 19.5 Å². The van der Waals surface area contributed by atoms with E-state index in [-0.39, 0.29) is 28.3 Å². The summed E-state index contributed by atoms with van der Waals surface area (Å²) in [5.74, 6) is 0. The maximum Gasteiger partial charge on any atom is 0.539 e. The van der Waals surface area contributed by atoms with Crippen molar-refractivity contribution < 1.29 is 12.8 Å². The zero-order valence-corrected chi connectivity index (χ0v) is 12.0. The SMILES string of the molecule is C[S+](OC1CCN(CCB(F)F)C1)C(C)(C)C. The molecule has 0 radical (unpaired) electrons. The van der Waals surface area contributed by atoms with Crippen molar-refractivity contribution in [3.63, 3.8) is 0 Å². The third-order valence-electron chi connectivity index (χ3n) is 3.04. The summed E-state index contributed by atoms with van der Waals surface area (Å²) in [5, 5.41) is 0. The van der Waals surface area contributed by atoms with E-state index in [1.165, 1.54) is 0 Å². The van der Waals surface area contributed by atoms with Crippen LogP contribution >= 0.6 is 0 Å². The van der Waals surface area contributed by atoms with Crippen LogP contribution in [0.25, 0.3) is 0 Å². The lowest BCUT2D eigenvalue weighted by Gasteiger charge is -2.19. The van der Waals surface area contributed by atoms with Crippen molar-refractivity contribution in [1.82, 2.24) is 4.90 Å². The lowest BCUT2D eigenvalue weighted by atomic mass is 9.93. The number of halogens is 2. The molecule has 0 aromatic heterocycles. The van der Waals surface area contributed by atoms with Crippen LogP contribution in [0.3, 0.4) is 0 Å². The molecule has 1 rings (SSSR count). The summed E-state index contributed by atoms with van der Waals surface area (Å²) in [6.07, 6.45) is 3.28. The minimum absolute atomic E-state index is 0.0240. The van der Waals surface area contributed by atoms with Crippen molar-refractivity contribution in [3.05, 3.63) is 0 Å². The highest BCUT2D eigenvalue weighted by Gasteiger charge is 2.37. The fourth-order valence-corrected chi connectivity index (χ4v) is 2.56. The van der Waals surface area contributed by atoms with Crippen LogP contribution in [0, 0.1) is 0 Å². The van der Waals surface area contributed by atoms with Crippen LogP contribution in [0.15, 0.2) is 0 Å². The molecule has 2 unspecified atom stereocenters. The van der Waals surface area contributed by atoms with Gasteiger partial charge in [0.15, 0.2) is 4.75 Å². The van der Waals surface area contributed by atoms with E-state index < -0.39 is 7.27 Å². The number of nitrogens with zero attached hydrogens (tertiary/aromatic N) is 1. The van der Waals surface area contributed by atoms with E-state index in [2.05, 4.69) is 31.9 Å². The van der Waals surface area contributed by atoms with Gasteiger partial charge in [-0.3, -0.25) is 8.63 Å². The Hall–Kier alpha value is 0.195. The number of hydrogen-bond acceptors (Lipinski definition) is 2. The number of likely N-dealkylation sites (tertiary alicyclic amines) is 1. The van der Waals surface area contributed by atoms with Crippen molar-refractivity contribution in [2.24, 2.45) is 0 Å². The quantitative estimate of drug-likeness (QED) is 0.560. The molecule has 0 aromatic carbocycles. The topological polar surface area (TPSA) is 12.5 Å². The molecule has 1 saturated heterocycles. The summed E-state index contributed by atoms with van der Waals surface area (Å²) < 4.78 is 30.4. The molecule has 6 heteroatoms. The molecule has 0 N–H and O–H groups in total. The monoisotopic (exact) mass is 266 g/mol. The molecular formula is C11H23BF2NOS+. The van der Waals surface area contributed by atoms with Crippen LogP contribution in [0.1, 0.15) is 27.2 Å². The van der Waals surface area contributed by atoms with Crippen LogP contribution in [0.2, 0.25) is 6.32 Å². The molecule has 0 spiro atoms. The molecule has 0 saturated carbocycles. The first-order valence-corrected chi connectivity index (χ1v) is 7.68. The predicted octanol–water partition coefficient (Wildman–Crippen LogP) is 2.47. The van der Waals surface area contributed by atoms with Crippen molar-refractivity contribution >= 4 is 18.4 Å². The molecule has 2 atom stereocenters. The Balaban J connectivity index is 2.26. The molecule has 2 nitrogen and oxygen atoms in total. The number of rotatable bonds is 5. The van der Waals surface area contributed by atoms with Gasteiger partial charge in [-0.15, -0.1) is 0 Å². The molecule has 0 aliphatic carbocycles. The van der Waals surface area contributed by atoms with Crippen LogP contribution in [0.5, 0.6) is 0 Å². The van der Waals surface area contributed by atoms with E-state index in [9.17, 15) is 8.63 Å². The summed E-state index contributed by atoms with van der Waals surface area (Å²) in [5.41, 5.74) is 0. The maximum atomic E-state index is 12.1. The Morgan fingerprint density at radius 1 is 1.41 bits per heavy atom. The molecule has 0 bridgehead atoms. The zero-order chi connectivity index (χ0) is 13.1. The Morgan fingerprint density at radius 3 is 2.59 bits per heavy atom. The molecule has 1 fully saturated rings. The maximum absolute atomic E-state index is 12.1. The molecular weight excluding hydrogens is 243 g/mol. The van der Waals surface area contributed by atoms with Crippen LogP contribution < -0.4 is 0 Å². The molecule has 1 aliphatic rings. The number of hydrogen-bond donors (Lipinski definition) is 0. The molecule has 100 valence electrons. The van der Waals surface area contributed by atoms with Crippen molar-refractivity contribution in [1.29, 1.82) is 0 Å². The third kappa shape index (κ3) is 5.57. The lowest BCUT2D eigenvalue weighted by Crippen LogP contribution is -2.34. The van der Waals surface area contributed by atoms with Gasteiger partial charge in [0.25, 0.3) is 0 Å². The minimum atomic E-state index is -2.19. The fraction of sp³-hybridized carbons (Fsp3) is 1.00. The standard InChI is InChI=1S/C11H23BF2NOS/c1-11(2,3)17(4)16-10-5-7-15(9-10)8-6-12(13)14/h10H,5-9H2,1-4H3/q+1. The van der Waals surface area contributed by atoms with Crippen molar-refractivity contribution in [2.75, 3.05) is 25.9 Å². The van der Waals surface area contributed by atoms with Gasteiger partial charge in [-0.2, -0.15) is 4.18 Å². The van der Waals surface area contributed by atoms with Crippen LogP contribution in [-0.4, -0.2) is 48.9 Å². The lowest BCUT2D eigenvalue weighted by molar-refractivity contribution is 0.225. The summed E-state index contributed by atoms with van der Waals surface area (Å²) in [6.45, 7) is 8.68. The van der Waals surface area contributed by atoms with Gasteiger partial charge in [0.05, 0.1) is 0 Å². The Kier molecular flexibility index (Phi) is 5.73. The van der Waals surface area contributed by atoms with Gasteiger partial charge in [-0.25, -0.2) is 0 Å². The van der Waals surface area contributed by atoms with Gasteiger partial charge in [0, 0.05) is 19.4 Å². The second-order valence-corrected chi connectivity index (χ2v) is 7.88. The normalized spacial score (nSPS) is 24.0. The largest absolute Gasteiger partial charge is 0.539 e. The predicted molar refractivity (Wildman–Crippen MR) is 71.7 cm³/mol.